The van der Waals surface area contributed by atoms with E-state index in [0.29, 0.717) is 11.7 Å². The van der Waals surface area contributed by atoms with Gasteiger partial charge in [0.2, 0.25) is 0 Å². The molecule has 0 amide bonds. The minimum Gasteiger partial charge on any atom is -0.317 e. The standard InChI is InChI=1S/C12H17N5O/c1-2-10-15-12-14-9(7-11(18)17(12)16-10)8-3-5-13-6-4-8/h7-8,13H,2-6H2,1H3,(H,14,15,16). The van der Waals surface area contributed by atoms with Crippen molar-refractivity contribution in [1.29, 1.82) is 0 Å². The van der Waals surface area contributed by atoms with Gasteiger partial charge < -0.3 is 5.32 Å². The zero-order valence-electron chi connectivity index (χ0n) is 10.4. The summed E-state index contributed by atoms with van der Waals surface area (Å²) in [6.07, 6.45) is 2.84. The van der Waals surface area contributed by atoms with Crippen LogP contribution in [0.1, 0.15) is 37.2 Å². The molecule has 0 atom stereocenters. The molecule has 18 heavy (non-hydrogen) atoms. The van der Waals surface area contributed by atoms with E-state index in [1.165, 1.54) is 4.52 Å². The summed E-state index contributed by atoms with van der Waals surface area (Å²) >= 11 is 0. The first kappa shape index (κ1) is 11.4. The molecule has 1 aliphatic heterocycles. The van der Waals surface area contributed by atoms with Crippen molar-refractivity contribution < 1.29 is 0 Å². The van der Waals surface area contributed by atoms with Gasteiger partial charge in [0.05, 0.1) is 5.69 Å². The molecule has 0 bridgehead atoms. The average Bonchev–Trinajstić information content (AvgIpc) is 2.83. The molecule has 2 aromatic rings. The SMILES string of the molecule is CCc1nc2nc(C3CCNCC3)cc(=O)n2[nH]1. The second-order valence-electron chi connectivity index (χ2n) is 4.70. The van der Waals surface area contributed by atoms with Crippen molar-refractivity contribution in [2.24, 2.45) is 0 Å². The number of aromatic amines is 1. The van der Waals surface area contributed by atoms with Crippen LogP contribution >= 0.6 is 0 Å². The van der Waals surface area contributed by atoms with Crippen molar-refractivity contribution in [3.05, 3.63) is 27.9 Å². The first-order valence-electron chi connectivity index (χ1n) is 6.47. The third-order valence-electron chi connectivity index (χ3n) is 3.49. The van der Waals surface area contributed by atoms with Crippen LogP contribution in [0, 0.1) is 0 Å². The molecular weight excluding hydrogens is 230 g/mol. The maximum absolute atomic E-state index is 12.0. The van der Waals surface area contributed by atoms with E-state index in [2.05, 4.69) is 20.4 Å². The summed E-state index contributed by atoms with van der Waals surface area (Å²) in [5.74, 6) is 1.67. The lowest BCUT2D eigenvalue weighted by atomic mass is 9.94. The minimum atomic E-state index is -0.0688. The van der Waals surface area contributed by atoms with E-state index in [4.69, 9.17) is 0 Å². The monoisotopic (exact) mass is 247 g/mol. The Hall–Kier alpha value is -1.69. The van der Waals surface area contributed by atoms with Crippen molar-refractivity contribution in [2.75, 3.05) is 13.1 Å². The normalized spacial score (nSPS) is 17.4. The summed E-state index contributed by atoms with van der Waals surface area (Å²) in [4.78, 5) is 20.9. The van der Waals surface area contributed by atoms with Crippen LogP contribution < -0.4 is 10.9 Å². The van der Waals surface area contributed by atoms with E-state index in [1.807, 2.05) is 6.92 Å². The summed E-state index contributed by atoms with van der Waals surface area (Å²) in [7, 11) is 0. The van der Waals surface area contributed by atoms with E-state index in [0.717, 1.165) is 43.9 Å². The zero-order valence-corrected chi connectivity index (χ0v) is 10.4. The van der Waals surface area contributed by atoms with Gasteiger partial charge >= 0.3 is 0 Å². The highest BCUT2D eigenvalue weighted by atomic mass is 16.1. The van der Waals surface area contributed by atoms with Gasteiger partial charge in [-0.2, -0.15) is 9.50 Å². The molecule has 3 heterocycles. The van der Waals surface area contributed by atoms with Gasteiger partial charge in [-0.3, -0.25) is 9.89 Å². The Labute approximate surface area is 104 Å². The number of nitrogens with one attached hydrogen (secondary N) is 2. The lowest BCUT2D eigenvalue weighted by Crippen LogP contribution is -2.28. The summed E-state index contributed by atoms with van der Waals surface area (Å²) < 4.78 is 1.42. The third-order valence-corrected chi connectivity index (χ3v) is 3.49. The molecule has 2 N–H and O–H groups in total. The predicted molar refractivity (Wildman–Crippen MR) is 67.8 cm³/mol. The Bertz CT molecular complexity index is 608. The minimum absolute atomic E-state index is 0.0688. The fourth-order valence-corrected chi connectivity index (χ4v) is 2.43. The first-order chi connectivity index (χ1) is 8.78. The second-order valence-corrected chi connectivity index (χ2v) is 4.70. The van der Waals surface area contributed by atoms with Gasteiger partial charge in [-0.15, -0.1) is 0 Å². The van der Waals surface area contributed by atoms with E-state index in [-0.39, 0.29) is 5.56 Å². The average molecular weight is 247 g/mol. The lowest BCUT2D eigenvalue weighted by Gasteiger charge is -2.21. The van der Waals surface area contributed by atoms with Gasteiger partial charge in [0, 0.05) is 18.4 Å². The van der Waals surface area contributed by atoms with E-state index >= 15 is 0 Å². The van der Waals surface area contributed by atoms with E-state index in [9.17, 15) is 4.79 Å². The van der Waals surface area contributed by atoms with Crippen molar-refractivity contribution in [3.8, 4) is 0 Å². The quantitative estimate of drug-likeness (QED) is 0.808. The summed E-state index contributed by atoms with van der Waals surface area (Å²) in [5, 5.41) is 6.28. The molecule has 0 saturated carbocycles. The molecule has 6 nitrogen and oxygen atoms in total. The molecule has 0 aliphatic carbocycles. The van der Waals surface area contributed by atoms with E-state index < -0.39 is 0 Å². The van der Waals surface area contributed by atoms with E-state index in [1.54, 1.807) is 6.07 Å². The highest BCUT2D eigenvalue weighted by Gasteiger charge is 2.18. The van der Waals surface area contributed by atoms with Crippen LogP contribution in [0.15, 0.2) is 10.9 Å². The zero-order chi connectivity index (χ0) is 12.5. The Morgan fingerprint density at radius 2 is 2.17 bits per heavy atom. The fourth-order valence-electron chi connectivity index (χ4n) is 2.43. The molecule has 0 aromatic carbocycles. The summed E-state index contributed by atoms with van der Waals surface area (Å²) in [5.41, 5.74) is 0.816. The third kappa shape index (κ3) is 1.92. The molecular formula is C12H17N5O. The summed E-state index contributed by atoms with van der Waals surface area (Å²) in [6, 6.07) is 1.64. The number of nitrogens with zero attached hydrogens (tertiary/aromatic N) is 3. The van der Waals surface area contributed by atoms with Gasteiger partial charge in [0.25, 0.3) is 11.3 Å². The molecule has 6 heteroatoms. The largest absolute Gasteiger partial charge is 0.317 e. The van der Waals surface area contributed by atoms with Crippen LogP contribution in [0.25, 0.3) is 5.78 Å². The van der Waals surface area contributed by atoms with Gasteiger partial charge in [0.1, 0.15) is 5.82 Å². The number of hydrogen-bond acceptors (Lipinski definition) is 4. The van der Waals surface area contributed by atoms with Crippen LogP contribution in [0.2, 0.25) is 0 Å². The van der Waals surface area contributed by atoms with Crippen molar-refractivity contribution in [1.82, 2.24) is 24.9 Å². The fraction of sp³-hybridized carbons (Fsp3) is 0.583. The molecule has 1 aliphatic rings. The Kier molecular flexibility index (Phi) is 2.87. The maximum atomic E-state index is 12.0. The highest BCUT2D eigenvalue weighted by Crippen LogP contribution is 2.22. The van der Waals surface area contributed by atoms with Crippen molar-refractivity contribution in [3.63, 3.8) is 0 Å². The Morgan fingerprint density at radius 3 is 2.89 bits per heavy atom. The van der Waals surface area contributed by atoms with Gasteiger partial charge in [-0.1, -0.05) is 6.92 Å². The van der Waals surface area contributed by atoms with Gasteiger partial charge in [-0.25, -0.2) is 4.98 Å². The highest BCUT2D eigenvalue weighted by molar-refractivity contribution is 5.29. The first-order valence-corrected chi connectivity index (χ1v) is 6.47. The maximum Gasteiger partial charge on any atom is 0.274 e. The molecule has 1 saturated heterocycles. The number of piperidine rings is 1. The molecule has 0 radical (unpaired) electrons. The van der Waals surface area contributed by atoms with Gasteiger partial charge in [-0.05, 0) is 25.9 Å². The lowest BCUT2D eigenvalue weighted by molar-refractivity contribution is 0.453. The van der Waals surface area contributed by atoms with Crippen LogP contribution in [0.3, 0.4) is 0 Å². The molecule has 2 aromatic heterocycles. The number of rotatable bonds is 2. The molecule has 3 rings (SSSR count). The second kappa shape index (κ2) is 4.53. The van der Waals surface area contributed by atoms with Crippen LogP contribution in [0.5, 0.6) is 0 Å². The van der Waals surface area contributed by atoms with Crippen molar-refractivity contribution in [2.45, 2.75) is 32.1 Å². The predicted octanol–water partition coefficient (Wildman–Crippen LogP) is 0.447. The number of aromatic nitrogens is 4. The number of hydrogen-bond donors (Lipinski definition) is 2. The van der Waals surface area contributed by atoms with Crippen LogP contribution in [-0.2, 0) is 6.42 Å². The number of H-pyrrole nitrogens is 1. The Morgan fingerprint density at radius 1 is 1.39 bits per heavy atom. The van der Waals surface area contributed by atoms with Crippen LogP contribution in [0.4, 0.5) is 0 Å². The Balaban J connectivity index is 2.05. The van der Waals surface area contributed by atoms with Crippen LogP contribution in [-0.4, -0.2) is 32.7 Å². The number of aryl methyl sites for hydroxylation is 1. The summed E-state index contributed by atoms with van der Waals surface area (Å²) in [6.45, 7) is 3.98. The topological polar surface area (TPSA) is 75.1 Å². The smallest absolute Gasteiger partial charge is 0.274 e. The van der Waals surface area contributed by atoms with Crippen molar-refractivity contribution >= 4 is 5.78 Å². The molecule has 0 spiro atoms. The molecule has 96 valence electrons. The number of fused-ring (bicyclic) bond motifs is 1. The molecule has 0 unspecified atom stereocenters. The van der Waals surface area contributed by atoms with Gasteiger partial charge in [0.15, 0.2) is 0 Å². The molecule has 1 fully saturated rings.